The van der Waals surface area contributed by atoms with Gasteiger partial charge in [-0.1, -0.05) is 6.92 Å². The predicted molar refractivity (Wildman–Crippen MR) is 79.4 cm³/mol. The first kappa shape index (κ1) is 12.9. The van der Waals surface area contributed by atoms with Crippen molar-refractivity contribution in [1.29, 1.82) is 0 Å². The van der Waals surface area contributed by atoms with Gasteiger partial charge in [0.25, 0.3) is 0 Å². The van der Waals surface area contributed by atoms with Crippen molar-refractivity contribution in [3.8, 4) is 0 Å². The van der Waals surface area contributed by atoms with Gasteiger partial charge in [-0.05, 0) is 56.6 Å². The van der Waals surface area contributed by atoms with E-state index in [2.05, 4.69) is 17.9 Å². The Labute approximate surface area is 116 Å². The molecule has 0 unspecified atom stereocenters. The fourth-order valence-corrected chi connectivity index (χ4v) is 3.16. The molecule has 2 aliphatic carbocycles. The van der Waals surface area contributed by atoms with Gasteiger partial charge in [0.1, 0.15) is 5.82 Å². The highest BCUT2D eigenvalue weighted by Crippen LogP contribution is 2.34. The molecule has 0 radical (unpaired) electrons. The maximum atomic E-state index is 5.97. The zero-order valence-electron chi connectivity index (χ0n) is 12.0. The van der Waals surface area contributed by atoms with Gasteiger partial charge in [0.15, 0.2) is 0 Å². The fourth-order valence-electron chi connectivity index (χ4n) is 3.16. The summed E-state index contributed by atoms with van der Waals surface area (Å²) in [6.07, 6.45) is 8.76. The van der Waals surface area contributed by atoms with E-state index < -0.39 is 0 Å². The monoisotopic (exact) mass is 259 g/mol. The average Bonchev–Trinajstić information content (AvgIpc) is 3.28. The Hall–Kier alpha value is -1.09. The van der Waals surface area contributed by atoms with Crippen LogP contribution in [0.2, 0.25) is 0 Å². The minimum Gasteiger partial charge on any atom is -0.353 e. The summed E-state index contributed by atoms with van der Waals surface area (Å²) in [5.41, 5.74) is 10.0. The third-order valence-electron chi connectivity index (χ3n) is 4.30. The van der Waals surface area contributed by atoms with Crippen molar-refractivity contribution >= 4 is 5.82 Å². The van der Waals surface area contributed by atoms with Crippen LogP contribution in [0.4, 0.5) is 5.82 Å². The minimum absolute atomic E-state index is 0.614. The number of aryl methyl sites for hydroxylation is 2. The van der Waals surface area contributed by atoms with Gasteiger partial charge < -0.3 is 10.6 Å². The molecule has 2 aliphatic rings. The molecule has 1 saturated carbocycles. The lowest BCUT2D eigenvalue weighted by Gasteiger charge is -2.27. The Bertz CT molecular complexity index is 452. The van der Waals surface area contributed by atoms with E-state index in [-0.39, 0.29) is 0 Å². The van der Waals surface area contributed by atoms with Crippen LogP contribution in [0.25, 0.3) is 0 Å². The molecule has 0 aliphatic heterocycles. The van der Waals surface area contributed by atoms with Gasteiger partial charge in [-0.2, -0.15) is 0 Å². The zero-order valence-corrected chi connectivity index (χ0v) is 12.0. The number of hydrogen-bond donors (Lipinski definition) is 1. The van der Waals surface area contributed by atoms with E-state index in [9.17, 15) is 0 Å². The van der Waals surface area contributed by atoms with Crippen molar-refractivity contribution in [2.45, 2.75) is 64.5 Å². The molecule has 1 aromatic rings. The van der Waals surface area contributed by atoms with E-state index in [0.717, 1.165) is 19.0 Å². The first-order valence-electron chi connectivity index (χ1n) is 7.82. The van der Waals surface area contributed by atoms with Crippen LogP contribution in [0.5, 0.6) is 0 Å². The molecule has 104 valence electrons. The second-order valence-electron chi connectivity index (χ2n) is 5.91. The van der Waals surface area contributed by atoms with Gasteiger partial charge in [-0.25, -0.2) is 4.98 Å². The van der Waals surface area contributed by atoms with Crippen LogP contribution < -0.4 is 10.6 Å². The summed E-state index contributed by atoms with van der Waals surface area (Å²) in [5, 5.41) is 0. The molecule has 0 atom stereocenters. The van der Waals surface area contributed by atoms with Crippen LogP contribution >= 0.6 is 0 Å². The number of rotatable bonds is 5. The van der Waals surface area contributed by atoms with Crippen molar-refractivity contribution in [2.75, 3.05) is 11.4 Å². The molecular weight excluding hydrogens is 234 g/mol. The van der Waals surface area contributed by atoms with Crippen LogP contribution in [-0.4, -0.2) is 17.6 Å². The molecule has 1 aromatic heterocycles. The highest BCUT2D eigenvalue weighted by atomic mass is 15.2. The maximum Gasteiger partial charge on any atom is 0.133 e. The van der Waals surface area contributed by atoms with Crippen LogP contribution in [-0.2, 0) is 19.4 Å². The highest BCUT2D eigenvalue weighted by Gasteiger charge is 2.31. The molecule has 3 nitrogen and oxygen atoms in total. The summed E-state index contributed by atoms with van der Waals surface area (Å²) < 4.78 is 0. The molecule has 0 aromatic carbocycles. The summed E-state index contributed by atoms with van der Waals surface area (Å²) in [5.74, 6) is 1.19. The first-order chi connectivity index (χ1) is 9.33. The smallest absolute Gasteiger partial charge is 0.133 e. The van der Waals surface area contributed by atoms with Crippen molar-refractivity contribution in [3.63, 3.8) is 0 Å². The third kappa shape index (κ3) is 2.62. The third-order valence-corrected chi connectivity index (χ3v) is 4.30. The summed E-state index contributed by atoms with van der Waals surface area (Å²) >= 11 is 0. The van der Waals surface area contributed by atoms with E-state index in [1.165, 1.54) is 61.2 Å². The maximum absolute atomic E-state index is 5.97. The van der Waals surface area contributed by atoms with Crippen LogP contribution in [0.1, 0.15) is 55.8 Å². The normalized spacial score (nSPS) is 18.2. The molecular formula is C16H25N3. The van der Waals surface area contributed by atoms with Crippen molar-refractivity contribution in [1.82, 2.24) is 4.98 Å². The van der Waals surface area contributed by atoms with Crippen LogP contribution in [0.15, 0.2) is 6.07 Å². The SMILES string of the molecule is CCCN(c1nc2c(cc1CN)CCCC2)C1CC1. The summed E-state index contributed by atoms with van der Waals surface area (Å²) in [4.78, 5) is 7.52. The molecule has 19 heavy (non-hydrogen) atoms. The van der Waals surface area contributed by atoms with E-state index >= 15 is 0 Å². The largest absolute Gasteiger partial charge is 0.353 e. The van der Waals surface area contributed by atoms with Gasteiger partial charge >= 0.3 is 0 Å². The molecule has 3 heteroatoms. The van der Waals surface area contributed by atoms with Crippen molar-refractivity contribution < 1.29 is 0 Å². The Kier molecular flexibility index (Phi) is 3.74. The van der Waals surface area contributed by atoms with Gasteiger partial charge in [-0.3, -0.25) is 0 Å². The second-order valence-corrected chi connectivity index (χ2v) is 5.91. The van der Waals surface area contributed by atoms with Gasteiger partial charge in [0.05, 0.1) is 0 Å². The quantitative estimate of drug-likeness (QED) is 0.884. The Morgan fingerprint density at radius 3 is 2.79 bits per heavy atom. The highest BCUT2D eigenvalue weighted by molar-refractivity contribution is 5.52. The van der Waals surface area contributed by atoms with Crippen molar-refractivity contribution in [2.24, 2.45) is 5.73 Å². The van der Waals surface area contributed by atoms with Gasteiger partial charge in [-0.15, -0.1) is 0 Å². The number of fused-ring (bicyclic) bond motifs is 1. The van der Waals surface area contributed by atoms with E-state index in [1.807, 2.05) is 0 Å². The standard InChI is InChI=1S/C16H25N3/c1-2-9-19(14-7-8-14)16-13(11-17)10-12-5-3-4-6-15(12)18-16/h10,14H,2-9,11,17H2,1H3. The van der Waals surface area contributed by atoms with Crippen molar-refractivity contribution in [3.05, 3.63) is 22.9 Å². The Balaban J connectivity index is 1.97. The molecule has 3 rings (SSSR count). The Morgan fingerprint density at radius 2 is 2.11 bits per heavy atom. The number of nitrogens with two attached hydrogens (primary N) is 1. The molecule has 1 heterocycles. The lowest BCUT2D eigenvalue weighted by Crippen LogP contribution is -2.30. The lowest BCUT2D eigenvalue weighted by molar-refractivity contribution is 0.658. The molecule has 0 spiro atoms. The topological polar surface area (TPSA) is 42.2 Å². The zero-order chi connectivity index (χ0) is 13.2. The second kappa shape index (κ2) is 5.49. The molecule has 0 bridgehead atoms. The van der Waals surface area contributed by atoms with Crippen LogP contribution in [0.3, 0.4) is 0 Å². The summed E-state index contributed by atoms with van der Waals surface area (Å²) in [6, 6.07) is 3.06. The number of anilines is 1. The number of pyridine rings is 1. The van der Waals surface area contributed by atoms with Gasteiger partial charge in [0.2, 0.25) is 0 Å². The minimum atomic E-state index is 0.614. The fraction of sp³-hybridized carbons (Fsp3) is 0.688. The predicted octanol–water partition coefficient (Wildman–Crippen LogP) is 2.80. The molecule has 1 fully saturated rings. The average molecular weight is 259 g/mol. The summed E-state index contributed by atoms with van der Waals surface area (Å²) in [6.45, 7) is 3.97. The number of nitrogens with zero attached hydrogens (tertiary/aromatic N) is 2. The molecule has 0 saturated heterocycles. The summed E-state index contributed by atoms with van der Waals surface area (Å²) in [7, 11) is 0. The first-order valence-corrected chi connectivity index (χ1v) is 7.82. The van der Waals surface area contributed by atoms with Crippen LogP contribution in [0, 0.1) is 0 Å². The Morgan fingerprint density at radius 1 is 1.32 bits per heavy atom. The number of aromatic nitrogens is 1. The van der Waals surface area contributed by atoms with E-state index in [4.69, 9.17) is 10.7 Å². The number of hydrogen-bond acceptors (Lipinski definition) is 3. The van der Waals surface area contributed by atoms with E-state index in [0.29, 0.717) is 6.54 Å². The lowest BCUT2D eigenvalue weighted by atomic mass is 9.94. The van der Waals surface area contributed by atoms with Gasteiger partial charge in [0, 0.05) is 30.4 Å². The van der Waals surface area contributed by atoms with E-state index in [1.54, 1.807) is 0 Å². The molecule has 0 amide bonds. The molecule has 2 N–H and O–H groups in total.